The van der Waals surface area contributed by atoms with Gasteiger partial charge in [-0.2, -0.15) is 5.10 Å². The Labute approximate surface area is 123 Å². The number of carbonyl (C=O) groups excluding carboxylic acids is 1. The van der Waals surface area contributed by atoms with E-state index in [1.54, 1.807) is 44.3 Å². The van der Waals surface area contributed by atoms with Gasteiger partial charge in [-0.1, -0.05) is 0 Å². The van der Waals surface area contributed by atoms with Gasteiger partial charge in [0.15, 0.2) is 5.78 Å². The summed E-state index contributed by atoms with van der Waals surface area (Å²) in [4.78, 5) is 12.2. The minimum absolute atomic E-state index is 0.0922. The van der Waals surface area contributed by atoms with Crippen LogP contribution in [0.25, 0.3) is 6.08 Å². The van der Waals surface area contributed by atoms with Gasteiger partial charge >= 0.3 is 0 Å². The Bertz CT molecular complexity index is 687. The summed E-state index contributed by atoms with van der Waals surface area (Å²) >= 11 is 0. The number of rotatable bonds is 5. The number of hydrogen-bond acceptors (Lipinski definition) is 4. The molecule has 0 saturated heterocycles. The van der Waals surface area contributed by atoms with Gasteiger partial charge in [0.25, 0.3) is 0 Å². The molecule has 110 valence electrons. The third-order valence-electron chi connectivity index (χ3n) is 3.35. The highest BCUT2D eigenvalue weighted by Gasteiger charge is 2.10. The number of ketones is 1. The van der Waals surface area contributed by atoms with Crippen molar-refractivity contribution >= 4 is 11.9 Å². The van der Waals surface area contributed by atoms with Gasteiger partial charge in [0.1, 0.15) is 11.5 Å². The SMILES string of the molecule is COc1ccc(OC)c(C=CC(=O)c2cnn(C)c2C)c1. The molecule has 0 amide bonds. The number of nitrogens with zero attached hydrogens (tertiary/aromatic N) is 2. The lowest BCUT2D eigenvalue weighted by Gasteiger charge is -2.07. The smallest absolute Gasteiger partial charge is 0.189 e. The van der Waals surface area contributed by atoms with Crippen molar-refractivity contribution in [3.05, 3.63) is 47.3 Å². The number of aryl methyl sites for hydroxylation is 1. The van der Waals surface area contributed by atoms with Crippen molar-refractivity contribution in [1.82, 2.24) is 9.78 Å². The summed E-state index contributed by atoms with van der Waals surface area (Å²) in [6.45, 7) is 1.86. The Morgan fingerprint density at radius 3 is 2.62 bits per heavy atom. The lowest BCUT2D eigenvalue weighted by atomic mass is 10.1. The maximum Gasteiger partial charge on any atom is 0.189 e. The van der Waals surface area contributed by atoms with E-state index >= 15 is 0 Å². The van der Waals surface area contributed by atoms with Crippen LogP contribution in [0.5, 0.6) is 11.5 Å². The molecule has 0 aliphatic rings. The van der Waals surface area contributed by atoms with Gasteiger partial charge in [-0.15, -0.1) is 0 Å². The monoisotopic (exact) mass is 286 g/mol. The summed E-state index contributed by atoms with van der Waals surface area (Å²) in [7, 11) is 4.99. The Morgan fingerprint density at radius 2 is 2.05 bits per heavy atom. The molecule has 0 bridgehead atoms. The number of benzene rings is 1. The zero-order chi connectivity index (χ0) is 15.4. The van der Waals surface area contributed by atoms with Crippen LogP contribution in [0.2, 0.25) is 0 Å². The van der Waals surface area contributed by atoms with Crippen LogP contribution in [0.3, 0.4) is 0 Å². The highest BCUT2D eigenvalue weighted by Crippen LogP contribution is 2.25. The van der Waals surface area contributed by atoms with E-state index in [0.29, 0.717) is 17.1 Å². The first-order chi connectivity index (χ1) is 10.1. The van der Waals surface area contributed by atoms with E-state index < -0.39 is 0 Å². The maximum atomic E-state index is 12.2. The third kappa shape index (κ3) is 3.13. The van der Waals surface area contributed by atoms with Crippen LogP contribution < -0.4 is 9.47 Å². The molecule has 5 nitrogen and oxygen atoms in total. The van der Waals surface area contributed by atoms with Crippen LogP contribution in [-0.2, 0) is 7.05 Å². The second-order valence-electron chi connectivity index (χ2n) is 4.57. The Balaban J connectivity index is 2.28. The van der Waals surface area contributed by atoms with Gasteiger partial charge in [0, 0.05) is 18.3 Å². The van der Waals surface area contributed by atoms with Crippen molar-refractivity contribution in [2.75, 3.05) is 14.2 Å². The molecule has 0 N–H and O–H groups in total. The van der Waals surface area contributed by atoms with Crippen molar-refractivity contribution in [2.24, 2.45) is 7.05 Å². The molecule has 1 aromatic heterocycles. The average Bonchev–Trinajstić information content (AvgIpc) is 2.84. The number of hydrogen-bond donors (Lipinski definition) is 0. The Kier molecular flexibility index (Phi) is 4.42. The number of allylic oxidation sites excluding steroid dienone is 1. The van der Waals surface area contributed by atoms with Crippen molar-refractivity contribution < 1.29 is 14.3 Å². The van der Waals surface area contributed by atoms with Gasteiger partial charge in [0.05, 0.1) is 26.0 Å². The van der Waals surface area contributed by atoms with Gasteiger partial charge in [0.2, 0.25) is 0 Å². The van der Waals surface area contributed by atoms with Gasteiger partial charge in [-0.25, -0.2) is 0 Å². The van der Waals surface area contributed by atoms with E-state index in [1.807, 2.05) is 19.1 Å². The molecule has 2 aromatic rings. The summed E-state index contributed by atoms with van der Waals surface area (Å²) in [5, 5.41) is 4.07. The van der Waals surface area contributed by atoms with Gasteiger partial charge in [-0.05, 0) is 37.3 Å². The van der Waals surface area contributed by atoms with E-state index in [0.717, 1.165) is 11.3 Å². The summed E-state index contributed by atoms with van der Waals surface area (Å²) in [6.07, 6.45) is 4.81. The highest BCUT2D eigenvalue weighted by molar-refractivity contribution is 6.07. The van der Waals surface area contributed by atoms with Gasteiger partial charge < -0.3 is 9.47 Å². The van der Waals surface area contributed by atoms with Crippen LogP contribution in [0.15, 0.2) is 30.5 Å². The zero-order valence-corrected chi connectivity index (χ0v) is 12.6. The zero-order valence-electron chi connectivity index (χ0n) is 12.6. The minimum Gasteiger partial charge on any atom is -0.497 e. The molecule has 0 radical (unpaired) electrons. The average molecular weight is 286 g/mol. The molecule has 0 fully saturated rings. The summed E-state index contributed by atoms with van der Waals surface area (Å²) in [6, 6.07) is 5.43. The molecule has 2 rings (SSSR count). The molecule has 0 atom stereocenters. The molecule has 5 heteroatoms. The molecule has 0 aliphatic heterocycles. The van der Waals surface area contributed by atoms with E-state index in [2.05, 4.69) is 5.10 Å². The summed E-state index contributed by atoms with van der Waals surface area (Å²) in [5.41, 5.74) is 2.21. The van der Waals surface area contributed by atoms with E-state index in [9.17, 15) is 4.79 Å². The molecule has 1 aromatic carbocycles. The number of ether oxygens (including phenoxy) is 2. The van der Waals surface area contributed by atoms with Crippen molar-refractivity contribution in [2.45, 2.75) is 6.92 Å². The quantitative estimate of drug-likeness (QED) is 0.626. The van der Waals surface area contributed by atoms with Crippen LogP contribution >= 0.6 is 0 Å². The standard InChI is InChI=1S/C16H18N2O3/c1-11-14(10-17-18(11)2)15(19)7-5-12-9-13(20-3)6-8-16(12)21-4/h5-10H,1-4H3. The van der Waals surface area contributed by atoms with Crippen LogP contribution in [-0.4, -0.2) is 29.8 Å². The molecule has 0 unspecified atom stereocenters. The van der Waals surface area contributed by atoms with Crippen LogP contribution in [0, 0.1) is 6.92 Å². The second kappa shape index (κ2) is 6.26. The molecule has 0 saturated carbocycles. The van der Waals surface area contributed by atoms with Crippen LogP contribution in [0.4, 0.5) is 0 Å². The fourth-order valence-corrected chi connectivity index (χ4v) is 1.97. The van der Waals surface area contributed by atoms with E-state index in [-0.39, 0.29) is 5.78 Å². The summed E-state index contributed by atoms with van der Waals surface area (Å²) in [5.74, 6) is 1.30. The van der Waals surface area contributed by atoms with E-state index in [4.69, 9.17) is 9.47 Å². The normalized spacial score (nSPS) is 10.9. The lowest BCUT2D eigenvalue weighted by molar-refractivity contribution is 0.104. The molecule has 1 heterocycles. The minimum atomic E-state index is -0.0922. The molecule has 0 aliphatic carbocycles. The predicted octanol–water partition coefficient (Wildman–Crippen LogP) is 2.64. The first-order valence-corrected chi connectivity index (χ1v) is 6.50. The van der Waals surface area contributed by atoms with E-state index in [1.165, 1.54) is 6.08 Å². The van der Waals surface area contributed by atoms with Crippen molar-refractivity contribution in [3.63, 3.8) is 0 Å². The topological polar surface area (TPSA) is 53.4 Å². The fraction of sp³-hybridized carbons (Fsp3) is 0.250. The molecule has 21 heavy (non-hydrogen) atoms. The number of aromatic nitrogens is 2. The predicted molar refractivity (Wildman–Crippen MR) is 80.9 cm³/mol. The molecule has 0 spiro atoms. The Hall–Kier alpha value is -2.56. The first-order valence-electron chi connectivity index (χ1n) is 6.50. The summed E-state index contributed by atoms with van der Waals surface area (Å²) < 4.78 is 12.1. The molecular formula is C16H18N2O3. The highest BCUT2D eigenvalue weighted by atomic mass is 16.5. The van der Waals surface area contributed by atoms with Crippen molar-refractivity contribution in [1.29, 1.82) is 0 Å². The maximum absolute atomic E-state index is 12.2. The fourth-order valence-electron chi connectivity index (χ4n) is 1.97. The van der Waals surface area contributed by atoms with Crippen LogP contribution in [0.1, 0.15) is 21.6 Å². The second-order valence-corrected chi connectivity index (χ2v) is 4.57. The third-order valence-corrected chi connectivity index (χ3v) is 3.35. The lowest BCUT2D eigenvalue weighted by Crippen LogP contribution is -1.98. The number of methoxy groups -OCH3 is 2. The van der Waals surface area contributed by atoms with Crippen molar-refractivity contribution in [3.8, 4) is 11.5 Å². The first kappa shape index (κ1) is 14.8. The van der Waals surface area contributed by atoms with Gasteiger partial charge in [-0.3, -0.25) is 9.48 Å². The Morgan fingerprint density at radius 1 is 1.29 bits per heavy atom. The largest absolute Gasteiger partial charge is 0.497 e. The number of carbonyl (C=O) groups is 1. The molecular weight excluding hydrogens is 268 g/mol.